The molecule has 138 valence electrons. The lowest BCUT2D eigenvalue weighted by Gasteiger charge is -2.27. The fourth-order valence-corrected chi connectivity index (χ4v) is 3.00. The van der Waals surface area contributed by atoms with Gasteiger partial charge < -0.3 is 15.3 Å². The minimum atomic E-state index is -5.08. The zero-order chi connectivity index (χ0) is 18.5. The Morgan fingerprint density at radius 2 is 1.84 bits per heavy atom. The molecule has 2 aliphatic rings. The van der Waals surface area contributed by atoms with Crippen LogP contribution in [0.3, 0.4) is 0 Å². The monoisotopic (exact) mass is 360 g/mol. The number of carbonyl (C=O) groups excluding carboxylic acids is 1. The number of halogens is 3. The summed E-state index contributed by atoms with van der Waals surface area (Å²) in [6.45, 7) is 1.89. The Bertz CT molecular complexity index is 612. The first kappa shape index (κ1) is 18.9. The smallest absolute Gasteiger partial charge is 0.475 e. The number of anilines is 1. The van der Waals surface area contributed by atoms with Crippen LogP contribution in [0.4, 0.5) is 19.1 Å². The number of rotatable bonds is 1. The molecular formula is C15H19F3N4O3. The molecule has 2 aliphatic heterocycles. The number of hydrogen-bond donors (Lipinski definition) is 2. The van der Waals surface area contributed by atoms with E-state index < -0.39 is 12.1 Å². The van der Waals surface area contributed by atoms with Gasteiger partial charge in [0.2, 0.25) is 11.9 Å². The van der Waals surface area contributed by atoms with Crippen molar-refractivity contribution in [3.8, 4) is 0 Å². The molecular weight excluding hydrogens is 341 g/mol. The molecule has 1 aromatic rings. The van der Waals surface area contributed by atoms with Crippen LogP contribution in [0.2, 0.25) is 0 Å². The number of nitrogens with one attached hydrogen (secondary N) is 1. The first-order valence-electron chi connectivity index (χ1n) is 7.85. The number of carboxylic acid groups (broad SMARTS) is 1. The Morgan fingerprint density at radius 3 is 2.36 bits per heavy atom. The second kappa shape index (κ2) is 7.66. The molecule has 1 atom stereocenters. The molecule has 3 heterocycles. The van der Waals surface area contributed by atoms with Crippen molar-refractivity contribution in [1.82, 2.24) is 15.3 Å². The molecule has 1 aromatic heterocycles. The second-order valence-corrected chi connectivity index (χ2v) is 6.02. The molecule has 2 N–H and O–H groups in total. The van der Waals surface area contributed by atoms with Gasteiger partial charge in [0.05, 0.1) is 0 Å². The summed E-state index contributed by atoms with van der Waals surface area (Å²) < 4.78 is 31.7. The topological polar surface area (TPSA) is 95.4 Å². The van der Waals surface area contributed by atoms with Crippen molar-refractivity contribution < 1.29 is 27.9 Å². The van der Waals surface area contributed by atoms with Crippen molar-refractivity contribution in [2.75, 3.05) is 18.0 Å². The molecule has 3 rings (SSSR count). The average Bonchev–Trinajstić information content (AvgIpc) is 2.79. The summed E-state index contributed by atoms with van der Waals surface area (Å²) in [4.78, 5) is 31.2. The van der Waals surface area contributed by atoms with Crippen molar-refractivity contribution in [2.24, 2.45) is 0 Å². The molecule has 25 heavy (non-hydrogen) atoms. The predicted octanol–water partition coefficient (Wildman–Crippen LogP) is 1.75. The first-order valence-corrected chi connectivity index (χ1v) is 7.85. The third kappa shape index (κ3) is 5.30. The van der Waals surface area contributed by atoms with E-state index >= 15 is 0 Å². The van der Waals surface area contributed by atoms with E-state index in [1.807, 2.05) is 6.07 Å². The predicted molar refractivity (Wildman–Crippen MR) is 81.9 cm³/mol. The van der Waals surface area contributed by atoms with E-state index in [-0.39, 0.29) is 11.4 Å². The van der Waals surface area contributed by atoms with Gasteiger partial charge in [0, 0.05) is 37.4 Å². The number of hydrogen-bond acceptors (Lipinski definition) is 5. The minimum absolute atomic E-state index is 0.0423. The Kier molecular flexibility index (Phi) is 5.81. The van der Waals surface area contributed by atoms with E-state index in [1.54, 1.807) is 12.4 Å². The highest BCUT2D eigenvalue weighted by molar-refractivity contribution is 5.79. The summed E-state index contributed by atoms with van der Waals surface area (Å²) in [6, 6.07) is 1.83. The highest BCUT2D eigenvalue weighted by atomic mass is 19.4. The SMILES string of the molecule is O=C(O)C(F)(F)F.O=C1CCC2(CCCN(c3ncccn3)CC2)N1. The number of carboxylic acids is 1. The van der Waals surface area contributed by atoms with E-state index in [1.165, 1.54) is 0 Å². The quantitative estimate of drug-likeness (QED) is 0.792. The highest BCUT2D eigenvalue weighted by Crippen LogP contribution is 2.31. The van der Waals surface area contributed by atoms with E-state index in [0.717, 1.165) is 44.7 Å². The van der Waals surface area contributed by atoms with Gasteiger partial charge in [-0.2, -0.15) is 13.2 Å². The highest BCUT2D eigenvalue weighted by Gasteiger charge is 2.39. The lowest BCUT2D eigenvalue weighted by molar-refractivity contribution is -0.192. The average molecular weight is 360 g/mol. The van der Waals surface area contributed by atoms with E-state index in [4.69, 9.17) is 9.90 Å². The number of amides is 1. The van der Waals surface area contributed by atoms with Crippen LogP contribution < -0.4 is 10.2 Å². The van der Waals surface area contributed by atoms with Crippen LogP contribution >= 0.6 is 0 Å². The van der Waals surface area contributed by atoms with Crippen molar-refractivity contribution >= 4 is 17.8 Å². The third-order valence-corrected chi connectivity index (χ3v) is 4.26. The summed E-state index contributed by atoms with van der Waals surface area (Å²) in [5.41, 5.74) is 0.0423. The molecule has 1 unspecified atom stereocenters. The standard InChI is InChI=1S/C13H18N4O.C2HF3O2/c18-11-3-5-13(16-11)4-1-9-17(10-6-13)12-14-7-2-8-15-12;3-2(4,5)1(6)7/h2,7-8H,1,3-6,9-10H2,(H,16,18);(H,6,7). The number of nitrogens with zero attached hydrogens (tertiary/aromatic N) is 3. The van der Waals surface area contributed by atoms with Crippen molar-refractivity contribution in [1.29, 1.82) is 0 Å². The summed E-state index contributed by atoms with van der Waals surface area (Å²) >= 11 is 0. The van der Waals surface area contributed by atoms with Crippen LogP contribution in [0.5, 0.6) is 0 Å². The van der Waals surface area contributed by atoms with Gasteiger partial charge in [-0.25, -0.2) is 14.8 Å². The number of aliphatic carboxylic acids is 1. The molecule has 0 aromatic carbocycles. The summed E-state index contributed by atoms with van der Waals surface area (Å²) in [7, 11) is 0. The largest absolute Gasteiger partial charge is 0.490 e. The fourth-order valence-electron chi connectivity index (χ4n) is 3.00. The molecule has 0 aliphatic carbocycles. The van der Waals surface area contributed by atoms with Crippen LogP contribution in [0.25, 0.3) is 0 Å². The lowest BCUT2D eigenvalue weighted by atomic mass is 9.89. The Morgan fingerprint density at radius 1 is 1.20 bits per heavy atom. The van der Waals surface area contributed by atoms with E-state index in [2.05, 4.69) is 20.2 Å². The molecule has 2 saturated heterocycles. The zero-order valence-corrected chi connectivity index (χ0v) is 13.4. The normalized spacial score (nSPS) is 23.5. The molecule has 2 fully saturated rings. The maximum atomic E-state index is 11.4. The number of aromatic nitrogens is 2. The Balaban J connectivity index is 0.000000277. The van der Waals surface area contributed by atoms with Crippen LogP contribution in [0.1, 0.15) is 32.1 Å². The van der Waals surface area contributed by atoms with Crippen molar-refractivity contribution in [2.45, 2.75) is 43.8 Å². The number of alkyl halides is 3. The van der Waals surface area contributed by atoms with Gasteiger partial charge >= 0.3 is 12.1 Å². The van der Waals surface area contributed by atoms with Gasteiger partial charge in [0.15, 0.2) is 0 Å². The van der Waals surface area contributed by atoms with E-state index in [0.29, 0.717) is 6.42 Å². The van der Waals surface area contributed by atoms with Crippen LogP contribution in [-0.2, 0) is 9.59 Å². The van der Waals surface area contributed by atoms with Gasteiger partial charge in [-0.1, -0.05) is 0 Å². The maximum Gasteiger partial charge on any atom is 0.490 e. The third-order valence-electron chi connectivity index (χ3n) is 4.26. The Hall–Kier alpha value is -2.39. The second-order valence-electron chi connectivity index (χ2n) is 6.02. The molecule has 7 nitrogen and oxygen atoms in total. The van der Waals surface area contributed by atoms with Gasteiger partial charge in [0.25, 0.3) is 0 Å². The zero-order valence-electron chi connectivity index (χ0n) is 13.4. The minimum Gasteiger partial charge on any atom is -0.475 e. The molecule has 0 radical (unpaired) electrons. The molecule has 0 bridgehead atoms. The van der Waals surface area contributed by atoms with E-state index in [9.17, 15) is 18.0 Å². The van der Waals surface area contributed by atoms with Gasteiger partial charge in [-0.05, 0) is 31.7 Å². The fraction of sp³-hybridized carbons (Fsp3) is 0.600. The van der Waals surface area contributed by atoms with Crippen LogP contribution in [0, 0.1) is 0 Å². The number of carbonyl (C=O) groups is 2. The van der Waals surface area contributed by atoms with Crippen molar-refractivity contribution in [3.05, 3.63) is 18.5 Å². The van der Waals surface area contributed by atoms with Gasteiger partial charge in [-0.3, -0.25) is 4.79 Å². The summed E-state index contributed by atoms with van der Waals surface area (Å²) in [5, 5.41) is 10.3. The Labute approximate surface area is 142 Å². The molecule has 1 amide bonds. The lowest BCUT2D eigenvalue weighted by Crippen LogP contribution is -2.42. The molecule has 10 heteroatoms. The molecule has 0 saturated carbocycles. The van der Waals surface area contributed by atoms with Crippen LogP contribution in [-0.4, -0.2) is 51.8 Å². The molecule has 1 spiro atoms. The summed E-state index contributed by atoms with van der Waals surface area (Å²) in [5.74, 6) is -1.74. The summed E-state index contributed by atoms with van der Waals surface area (Å²) in [6.07, 6.45) is 3.29. The van der Waals surface area contributed by atoms with Crippen molar-refractivity contribution in [3.63, 3.8) is 0 Å². The maximum absolute atomic E-state index is 11.4. The van der Waals surface area contributed by atoms with Crippen LogP contribution in [0.15, 0.2) is 18.5 Å². The van der Waals surface area contributed by atoms with Gasteiger partial charge in [-0.15, -0.1) is 0 Å². The first-order chi connectivity index (χ1) is 11.7. The van der Waals surface area contributed by atoms with Gasteiger partial charge in [0.1, 0.15) is 0 Å².